The van der Waals surface area contributed by atoms with Gasteiger partial charge in [0.2, 0.25) is 0 Å². The number of methoxy groups -OCH3 is 1. The lowest BCUT2D eigenvalue weighted by atomic mass is 10.1. The van der Waals surface area contributed by atoms with Gasteiger partial charge in [-0.1, -0.05) is 60.7 Å². The molecule has 5 heteroatoms. The first kappa shape index (κ1) is 21.2. The van der Waals surface area contributed by atoms with Crippen molar-refractivity contribution in [1.29, 1.82) is 0 Å². The van der Waals surface area contributed by atoms with Crippen LogP contribution < -0.4 is 14.4 Å². The number of anilines is 1. The third kappa shape index (κ3) is 4.45. The van der Waals surface area contributed by atoms with E-state index in [4.69, 9.17) is 14.5 Å². The van der Waals surface area contributed by atoms with Gasteiger partial charge in [-0.3, -0.25) is 9.69 Å². The molecule has 0 atom stereocenters. The van der Waals surface area contributed by atoms with Gasteiger partial charge in [0.05, 0.1) is 12.8 Å². The van der Waals surface area contributed by atoms with Gasteiger partial charge in [-0.25, -0.2) is 4.99 Å². The van der Waals surface area contributed by atoms with Gasteiger partial charge in [-0.2, -0.15) is 0 Å². The third-order valence-electron chi connectivity index (χ3n) is 5.36. The highest BCUT2D eigenvalue weighted by atomic mass is 16.5. The van der Waals surface area contributed by atoms with Crippen molar-refractivity contribution in [1.82, 2.24) is 0 Å². The lowest BCUT2D eigenvalue weighted by molar-refractivity contribution is -0.113. The normalized spacial score (nSPS) is 14.3. The van der Waals surface area contributed by atoms with Crippen molar-refractivity contribution < 1.29 is 14.3 Å². The Hall–Kier alpha value is -4.64. The van der Waals surface area contributed by atoms with Gasteiger partial charge in [-0.15, -0.1) is 0 Å². The molecule has 0 radical (unpaired) electrons. The Labute approximate surface area is 198 Å². The smallest absolute Gasteiger partial charge is 0.282 e. The highest BCUT2D eigenvalue weighted by molar-refractivity contribution is 6.33. The topological polar surface area (TPSA) is 51.1 Å². The van der Waals surface area contributed by atoms with Crippen LogP contribution in [0.4, 0.5) is 5.69 Å². The molecule has 0 unspecified atom stereocenters. The molecule has 0 saturated heterocycles. The van der Waals surface area contributed by atoms with E-state index in [0.717, 1.165) is 28.3 Å². The lowest BCUT2D eigenvalue weighted by Gasteiger charge is -2.18. The number of carbonyl (C=O) groups excluding carboxylic acids is 1. The fraction of sp³-hybridized carbons (Fsp3) is 0.0345. The molecular weight excluding hydrogens is 424 g/mol. The largest absolute Gasteiger partial charge is 0.497 e. The van der Waals surface area contributed by atoms with E-state index in [0.29, 0.717) is 17.3 Å². The molecule has 0 saturated carbocycles. The summed E-state index contributed by atoms with van der Waals surface area (Å²) >= 11 is 0. The third-order valence-corrected chi connectivity index (χ3v) is 5.36. The van der Waals surface area contributed by atoms with Gasteiger partial charge >= 0.3 is 0 Å². The number of aliphatic imine (C=N–C) groups is 1. The van der Waals surface area contributed by atoms with Crippen molar-refractivity contribution in [2.75, 3.05) is 12.0 Å². The van der Waals surface area contributed by atoms with Crippen LogP contribution in [0.3, 0.4) is 0 Å². The summed E-state index contributed by atoms with van der Waals surface area (Å²) in [7, 11) is 1.61. The molecule has 0 aliphatic carbocycles. The molecule has 1 heterocycles. The van der Waals surface area contributed by atoms with Crippen molar-refractivity contribution in [3.63, 3.8) is 0 Å². The van der Waals surface area contributed by atoms with E-state index in [1.165, 1.54) is 0 Å². The first-order valence-electron chi connectivity index (χ1n) is 10.9. The molecule has 0 bridgehead atoms. The Morgan fingerprint density at radius 3 is 2.12 bits per heavy atom. The Kier molecular flexibility index (Phi) is 5.91. The SMILES string of the molecule is COc1ccc(N2C(=O)C(=Cc3cccc(Oc4ccccc4)c3)N=C2c2ccccc2)cc1. The van der Waals surface area contributed by atoms with E-state index in [1.54, 1.807) is 18.1 Å². The van der Waals surface area contributed by atoms with Crippen LogP contribution in [0, 0.1) is 0 Å². The van der Waals surface area contributed by atoms with Crippen molar-refractivity contribution >= 4 is 23.5 Å². The monoisotopic (exact) mass is 446 g/mol. The van der Waals surface area contributed by atoms with Crippen LogP contribution in [0.5, 0.6) is 17.2 Å². The first-order chi connectivity index (χ1) is 16.7. The van der Waals surface area contributed by atoms with Crippen LogP contribution in [-0.4, -0.2) is 18.9 Å². The van der Waals surface area contributed by atoms with Crippen molar-refractivity contribution in [2.24, 2.45) is 4.99 Å². The zero-order chi connectivity index (χ0) is 23.3. The molecule has 4 aromatic carbocycles. The van der Waals surface area contributed by atoms with Crippen LogP contribution in [0.25, 0.3) is 6.08 Å². The molecule has 0 spiro atoms. The minimum absolute atomic E-state index is 0.196. The van der Waals surface area contributed by atoms with Crippen molar-refractivity contribution in [2.45, 2.75) is 0 Å². The summed E-state index contributed by atoms with van der Waals surface area (Å²) in [5.74, 6) is 2.54. The average Bonchev–Trinajstić information content (AvgIpc) is 3.21. The van der Waals surface area contributed by atoms with Crippen molar-refractivity contribution in [3.05, 3.63) is 126 Å². The molecule has 1 aliphatic heterocycles. The predicted molar refractivity (Wildman–Crippen MR) is 134 cm³/mol. The standard InChI is InChI=1S/C29H22N2O3/c1-33-24-17-15-23(16-18-24)31-28(22-10-4-2-5-11-22)30-27(29(31)32)20-21-9-8-14-26(19-21)34-25-12-6-3-7-13-25/h2-20H,1H3. The summed E-state index contributed by atoms with van der Waals surface area (Å²) in [4.78, 5) is 19.9. The molecular formula is C29H22N2O3. The Balaban J connectivity index is 1.51. The number of para-hydroxylation sites is 1. The number of hydrogen-bond donors (Lipinski definition) is 0. The summed E-state index contributed by atoms with van der Waals surface area (Å²) in [6, 6.07) is 34.2. The van der Waals surface area contributed by atoms with E-state index in [1.807, 2.05) is 109 Å². The van der Waals surface area contributed by atoms with Crippen LogP contribution in [-0.2, 0) is 4.79 Å². The van der Waals surface area contributed by atoms with Gasteiger partial charge < -0.3 is 9.47 Å². The Morgan fingerprint density at radius 2 is 1.41 bits per heavy atom. The minimum Gasteiger partial charge on any atom is -0.497 e. The number of ether oxygens (including phenoxy) is 2. The van der Waals surface area contributed by atoms with Gasteiger partial charge in [-0.05, 0) is 60.2 Å². The molecule has 5 nitrogen and oxygen atoms in total. The van der Waals surface area contributed by atoms with Gasteiger partial charge in [0.15, 0.2) is 0 Å². The molecule has 34 heavy (non-hydrogen) atoms. The second kappa shape index (κ2) is 9.46. The maximum atomic E-state index is 13.5. The molecule has 1 amide bonds. The quantitative estimate of drug-likeness (QED) is 0.326. The zero-order valence-electron chi connectivity index (χ0n) is 18.6. The van der Waals surface area contributed by atoms with E-state index >= 15 is 0 Å². The highest BCUT2D eigenvalue weighted by Crippen LogP contribution is 2.30. The van der Waals surface area contributed by atoms with Crippen LogP contribution in [0.2, 0.25) is 0 Å². The maximum absolute atomic E-state index is 13.5. The molecule has 1 aliphatic rings. The van der Waals surface area contributed by atoms with Gasteiger partial charge in [0, 0.05) is 5.56 Å². The fourth-order valence-electron chi connectivity index (χ4n) is 3.72. The highest BCUT2D eigenvalue weighted by Gasteiger charge is 2.32. The number of benzene rings is 4. The minimum atomic E-state index is -0.196. The van der Waals surface area contributed by atoms with E-state index < -0.39 is 0 Å². The summed E-state index contributed by atoms with van der Waals surface area (Å²) in [6.07, 6.45) is 1.78. The van der Waals surface area contributed by atoms with Gasteiger partial charge in [0.25, 0.3) is 5.91 Å². The van der Waals surface area contributed by atoms with E-state index in [9.17, 15) is 4.79 Å². The predicted octanol–water partition coefficient (Wildman–Crippen LogP) is 6.32. The van der Waals surface area contributed by atoms with Crippen molar-refractivity contribution in [3.8, 4) is 17.2 Å². The van der Waals surface area contributed by atoms with E-state index in [2.05, 4.69) is 0 Å². The van der Waals surface area contributed by atoms with Crippen LogP contribution >= 0.6 is 0 Å². The Bertz CT molecular complexity index is 1360. The number of hydrogen-bond acceptors (Lipinski definition) is 4. The summed E-state index contributed by atoms with van der Waals surface area (Å²) in [6.45, 7) is 0. The molecule has 4 aromatic rings. The first-order valence-corrected chi connectivity index (χ1v) is 10.9. The number of amidine groups is 1. The maximum Gasteiger partial charge on any atom is 0.282 e. The van der Waals surface area contributed by atoms with E-state index in [-0.39, 0.29) is 5.91 Å². The lowest BCUT2D eigenvalue weighted by Crippen LogP contribution is -2.32. The Morgan fingerprint density at radius 1 is 0.735 bits per heavy atom. The summed E-state index contributed by atoms with van der Waals surface area (Å²) < 4.78 is 11.2. The molecule has 0 N–H and O–H groups in total. The summed E-state index contributed by atoms with van der Waals surface area (Å²) in [5.41, 5.74) is 2.75. The number of rotatable bonds is 6. The zero-order valence-corrected chi connectivity index (χ0v) is 18.6. The second-order valence-corrected chi connectivity index (χ2v) is 7.66. The molecule has 0 aromatic heterocycles. The molecule has 166 valence electrons. The van der Waals surface area contributed by atoms with Crippen LogP contribution in [0.15, 0.2) is 120 Å². The molecule has 0 fully saturated rings. The van der Waals surface area contributed by atoms with Gasteiger partial charge in [0.1, 0.15) is 28.8 Å². The second-order valence-electron chi connectivity index (χ2n) is 7.66. The van der Waals surface area contributed by atoms with Crippen LogP contribution in [0.1, 0.15) is 11.1 Å². The fourth-order valence-corrected chi connectivity index (χ4v) is 3.72. The summed E-state index contributed by atoms with van der Waals surface area (Å²) in [5, 5.41) is 0. The number of amides is 1. The number of carbonyl (C=O) groups is 1. The molecule has 5 rings (SSSR count). The average molecular weight is 447 g/mol. The number of nitrogens with zero attached hydrogens (tertiary/aromatic N) is 2.